The molecule has 0 saturated heterocycles. The van der Waals surface area contributed by atoms with Crippen LogP contribution < -0.4 is 14.8 Å². The first-order chi connectivity index (χ1) is 17.4. The average Bonchev–Trinajstić information content (AvgIpc) is 2.82. The van der Waals surface area contributed by atoms with Crippen molar-refractivity contribution in [3.05, 3.63) is 88.9 Å². The lowest BCUT2D eigenvalue weighted by Gasteiger charge is -2.12. The maximum Gasteiger partial charge on any atom is 0.433 e. The van der Waals surface area contributed by atoms with E-state index in [-0.39, 0.29) is 40.6 Å². The molecule has 192 valence electrons. The van der Waals surface area contributed by atoms with E-state index in [9.17, 15) is 30.8 Å². The molecule has 0 unspecified atom stereocenters. The fourth-order valence-corrected chi connectivity index (χ4v) is 3.58. The number of ether oxygens (including phenoxy) is 1. The molecule has 2 aromatic carbocycles. The van der Waals surface area contributed by atoms with Gasteiger partial charge in [-0.2, -0.15) is 13.2 Å². The maximum absolute atomic E-state index is 14.4. The van der Waals surface area contributed by atoms with Crippen LogP contribution in [0.1, 0.15) is 22.4 Å². The Morgan fingerprint density at radius 3 is 2.49 bits per heavy atom. The van der Waals surface area contributed by atoms with Gasteiger partial charge in [-0.25, -0.2) is 17.8 Å². The Morgan fingerprint density at radius 1 is 1.16 bits per heavy atom. The Bertz CT molecular complexity index is 1480. The Balaban J connectivity index is 1.77. The minimum Gasteiger partial charge on any atom is -0.438 e. The largest absolute Gasteiger partial charge is 0.438 e. The number of nitrogens with one attached hydrogen (secondary N) is 2. The third kappa shape index (κ3) is 7.81. The molecular weight excluding hydrogens is 514 g/mol. The van der Waals surface area contributed by atoms with Gasteiger partial charge < -0.3 is 10.1 Å². The topological polar surface area (TPSA) is 97.4 Å². The summed E-state index contributed by atoms with van der Waals surface area (Å²) in [4.78, 5) is 15.8. The van der Waals surface area contributed by atoms with Crippen LogP contribution >= 0.6 is 0 Å². The van der Waals surface area contributed by atoms with E-state index in [1.165, 1.54) is 24.3 Å². The van der Waals surface area contributed by atoms with Crippen LogP contribution in [0.2, 0.25) is 0 Å². The number of hydrogen-bond donors (Lipinski definition) is 2. The number of sulfonamides is 1. The summed E-state index contributed by atoms with van der Waals surface area (Å²) in [7, 11) is -3.78. The standard InChI is InChI=1S/C25H19F4N3O4S/c1-3-17-13-16(14-20(26)23(17)32-37(2,34)35)15-30-22(33)12-10-18-9-11-21(25(27,28)29)31-24(18)36-19-7-5-4-6-8-19/h1,4-14,32H,15H2,2H3,(H,30,33)/b12-10-. The molecule has 0 aliphatic carbocycles. The van der Waals surface area contributed by atoms with Gasteiger partial charge in [0.25, 0.3) is 0 Å². The van der Waals surface area contributed by atoms with Crippen LogP contribution in [0.15, 0.2) is 60.7 Å². The number of pyridine rings is 1. The Morgan fingerprint density at radius 2 is 1.86 bits per heavy atom. The lowest BCUT2D eigenvalue weighted by atomic mass is 10.1. The van der Waals surface area contributed by atoms with Crippen LogP contribution in [0.25, 0.3) is 6.08 Å². The second-order valence-corrected chi connectivity index (χ2v) is 9.32. The summed E-state index contributed by atoms with van der Waals surface area (Å²) in [6.45, 7) is -0.174. The molecule has 1 amide bonds. The summed E-state index contributed by atoms with van der Waals surface area (Å²) in [6.07, 6.45) is 3.74. The Labute approximate surface area is 210 Å². The number of amides is 1. The molecule has 0 atom stereocenters. The zero-order chi connectivity index (χ0) is 27.2. The van der Waals surface area contributed by atoms with E-state index in [4.69, 9.17) is 11.2 Å². The van der Waals surface area contributed by atoms with Crippen LogP contribution in [-0.2, 0) is 27.5 Å². The van der Waals surface area contributed by atoms with Gasteiger partial charge in [-0.3, -0.25) is 9.52 Å². The van der Waals surface area contributed by atoms with E-state index in [0.29, 0.717) is 0 Å². The van der Waals surface area contributed by atoms with Gasteiger partial charge in [0.2, 0.25) is 21.8 Å². The minimum atomic E-state index is -4.70. The normalized spacial score (nSPS) is 11.7. The van der Waals surface area contributed by atoms with Gasteiger partial charge in [0.1, 0.15) is 17.3 Å². The molecule has 37 heavy (non-hydrogen) atoms. The molecule has 3 aromatic rings. The van der Waals surface area contributed by atoms with E-state index in [0.717, 1.165) is 30.5 Å². The maximum atomic E-state index is 14.4. The second-order valence-electron chi connectivity index (χ2n) is 7.57. The van der Waals surface area contributed by atoms with Crippen molar-refractivity contribution < 1.29 is 35.5 Å². The van der Waals surface area contributed by atoms with Gasteiger partial charge in [-0.05, 0) is 48.0 Å². The molecular formula is C25H19F4N3O4S. The smallest absolute Gasteiger partial charge is 0.433 e. The van der Waals surface area contributed by atoms with E-state index < -0.39 is 33.6 Å². The third-order valence-electron chi connectivity index (χ3n) is 4.61. The van der Waals surface area contributed by atoms with Crippen LogP contribution in [-0.4, -0.2) is 25.6 Å². The number of aromatic nitrogens is 1. The van der Waals surface area contributed by atoms with Crippen molar-refractivity contribution in [1.82, 2.24) is 10.3 Å². The molecule has 12 heteroatoms. The summed E-state index contributed by atoms with van der Waals surface area (Å²) in [6, 6.07) is 12.2. The fourth-order valence-electron chi connectivity index (χ4n) is 3.00. The number of halogens is 4. The van der Waals surface area contributed by atoms with Gasteiger partial charge in [-0.15, -0.1) is 6.42 Å². The Kier molecular flexibility index (Phi) is 8.19. The number of nitrogens with zero attached hydrogens (tertiary/aromatic N) is 1. The first-order valence-corrected chi connectivity index (χ1v) is 12.3. The molecule has 0 radical (unpaired) electrons. The van der Waals surface area contributed by atoms with Gasteiger partial charge in [-0.1, -0.05) is 24.1 Å². The number of terminal acetylenes is 1. The summed E-state index contributed by atoms with van der Waals surface area (Å²) in [5, 5.41) is 2.48. The van der Waals surface area contributed by atoms with Crippen LogP contribution in [0.3, 0.4) is 0 Å². The zero-order valence-electron chi connectivity index (χ0n) is 19.1. The van der Waals surface area contributed by atoms with Crippen molar-refractivity contribution in [2.75, 3.05) is 11.0 Å². The highest BCUT2D eigenvalue weighted by Crippen LogP contribution is 2.32. The summed E-state index contributed by atoms with van der Waals surface area (Å²) < 4.78 is 84.1. The van der Waals surface area contributed by atoms with E-state index in [1.807, 2.05) is 4.72 Å². The molecule has 2 N–H and O–H groups in total. The number of carbonyl (C=O) groups is 1. The van der Waals surface area contributed by atoms with E-state index in [2.05, 4.69) is 16.2 Å². The number of hydrogen-bond acceptors (Lipinski definition) is 5. The zero-order valence-corrected chi connectivity index (χ0v) is 20.0. The molecule has 0 bridgehead atoms. The van der Waals surface area contributed by atoms with Crippen LogP contribution in [0.5, 0.6) is 11.6 Å². The van der Waals surface area contributed by atoms with Crippen LogP contribution in [0, 0.1) is 18.2 Å². The van der Waals surface area contributed by atoms with Gasteiger partial charge in [0.05, 0.1) is 17.5 Å². The third-order valence-corrected chi connectivity index (χ3v) is 5.19. The molecule has 0 aliphatic heterocycles. The highest BCUT2D eigenvalue weighted by Gasteiger charge is 2.33. The van der Waals surface area contributed by atoms with Crippen molar-refractivity contribution in [3.63, 3.8) is 0 Å². The quantitative estimate of drug-likeness (QED) is 0.248. The first-order valence-electron chi connectivity index (χ1n) is 10.4. The van der Waals surface area contributed by atoms with Crippen molar-refractivity contribution in [3.8, 4) is 24.0 Å². The summed E-state index contributed by atoms with van der Waals surface area (Å²) in [5.74, 6) is 0.471. The summed E-state index contributed by atoms with van der Waals surface area (Å²) >= 11 is 0. The molecule has 1 heterocycles. The van der Waals surface area contributed by atoms with Gasteiger partial charge in [0.15, 0.2) is 0 Å². The van der Waals surface area contributed by atoms with Gasteiger partial charge in [0, 0.05) is 18.2 Å². The highest BCUT2D eigenvalue weighted by molar-refractivity contribution is 7.92. The number of carbonyl (C=O) groups excluding carboxylic acids is 1. The first kappa shape index (κ1) is 27.2. The number of benzene rings is 2. The van der Waals surface area contributed by atoms with E-state index in [1.54, 1.807) is 18.2 Å². The molecule has 3 rings (SSSR count). The summed E-state index contributed by atoms with van der Waals surface area (Å²) in [5.41, 5.74) is -1.27. The lowest BCUT2D eigenvalue weighted by molar-refractivity contribution is -0.141. The van der Waals surface area contributed by atoms with Crippen molar-refractivity contribution in [1.29, 1.82) is 0 Å². The average molecular weight is 534 g/mol. The predicted octanol–water partition coefficient (Wildman–Crippen LogP) is 4.71. The monoisotopic (exact) mass is 533 g/mol. The molecule has 0 saturated carbocycles. The van der Waals surface area contributed by atoms with Crippen molar-refractivity contribution >= 4 is 27.7 Å². The number of alkyl halides is 3. The molecule has 0 aliphatic rings. The molecule has 1 aromatic heterocycles. The van der Waals surface area contributed by atoms with Crippen molar-refractivity contribution in [2.45, 2.75) is 12.7 Å². The number of rotatable bonds is 8. The number of para-hydroxylation sites is 1. The van der Waals surface area contributed by atoms with Gasteiger partial charge >= 0.3 is 6.18 Å². The predicted molar refractivity (Wildman–Crippen MR) is 129 cm³/mol. The highest BCUT2D eigenvalue weighted by atomic mass is 32.2. The lowest BCUT2D eigenvalue weighted by Crippen LogP contribution is -2.20. The Hall–Kier alpha value is -4.37. The molecule has 7 nitrogen and oxygen atoms in total. The fraction of sp³-hybridized carbons (Fsp3) is 0.120. The second kappa shape index (κ2) is 11.1. The number of anilines is 1. The molecule has 0 fully saturated rings. The molecule has 0 spiro atoms. The minimum absolute atomic E-state index is 0.0660. The van der Waals surface area contributed by atoms with E-state index >= 15 is 0 Å². The van der Waals surface area contributed by atoms with Crippen molar-refractivity contribution in [2.24, 2.45) is 0 Å². The van der Waals surface area contributed by atoms with Crippen LogP contribution in [0.4, 0.5) is 23.2 Å². The SMILES string of the molecule is C#Cc1cc(CNC(=O)/C=C\c2ccc(C(F)(F)F)nc2Oc2ccccc2)cc(F)c1NS(C)(=O)=O.